The van der Waals surface area contributed by atoms with Crippen LogP contribution in [0.2, 0.25) is 0 Å². The lowest BCUT2D eigenvalue weighted by atomic mass is 10.1. The van der Waals surface area contributed by atoms with E-state index in [0.29, 0.717) is 16.8 Å². The Bertz CT molecular complexity index is 864. The predicted molar refractivity (Wildman–Crippen MR) is 96.4 cm³/mol. The summed E-state index contributed by atoms with van der Waals surface area (Å²) in [6.07, 6.45) is 2.58. The van der Waals surface area contributed by atoms with Gasteiger partial charge in [0.25, 0.3) is 5.91 Å². The Labute approximate surface area is 146 Å². The van der Waals surface area contributed by atoms with Gasteiger partial charge in [0.2, 0.25) is 10.0 Å². The second-order valence-corrected chi connectivity index (χ2v) is 7.31. The summed E-state index contributed by atoms with van der Waals surface area (Å²) >= 11 is 0. The molecule has 0 atom stereocenters. The van der Waals surface area contributed by atoms with Crippen molar-refractivity contribution in [2.75, 3.05) is 17.1 Å². The minimum Gasteiger partial charge on any atom is -0.348 e. The van der Waals surface area contributed by atoms with Crippen LogP contribution in [0.5, 0.6) is 0 Å². The van der Waals surface area contributed by atoms with Crippen molar-refractivity contribution >= 4 is 21.6 Å². The number of carbonyl (C=O) groups is 1. The molecular formula is C18H19FN2O3S. The largest absolute Gasteiger partial charge is 0.348 e. The molecule has 2 rings (SSSR count). The summed E-state index contributed by atoms with van der Waals surface area (Å²) in [7, 11) is -3.44. The number of nitrogens with zero attached hydrogens (tertiary/aromatic N) is 1. The van der Waals surface area contributed by atoms with Gasteiger partial charge in [0.05, 0.1) is 18.5 Å². The summed E-state index contributed by atoms with van der Waals surface area (Å²) in [5, 5.41) is 2.63. The van der Waals surface area contributed by atoms with Gasteiger partial charge in [-0.1, -0.05) is 24.3 Å². The highest BCUT2D eigenvalue weighted by Crippen LogP contribution is 2.18. The number of amides is 1. The predicted octanol–water partition coefficient (Wildman–Crippen LogP) is 2.71. The summed E-state index contributed by atoms with van der Waals surface area (Å²) in [5.41, 5.74) is 1.18. The molecule has 2 aromatic carbocycles. The zero-order chi connectivity index (χ0) is 18.4. The fraction of sp³-hybridized carbons (Fsp3) is 0.167. The van der Waals surface area contributed by atoms with E-state index >= 15 is 0 Å². The van der Waals surface area contributed by atoms with Gasteiger partial charge < -0.3 is 5.32 Å². The highest BCUT2D eigenvalue weighted by Gasteiger charge is 2.16. The smallest absolute Gasteiger partial charge is 0.251 e. The molecule has 25 heavy (non-hydrogen) atoms. The molecule has 0 saturated carbocycles. The Morgan fingerprint density at radius 1 is 1.20 bits per heavy atom. The zero-order valence-corrected chi connectivity index (χ0v) is 14.6. The van der Waals surface area contributed by atoms with Gasteiger partial charge in [-0.2, -0.15) is 0 Å². The maximum absolute atomic E-state index is 13.5. The van der Waals surface area contributed by atoms with Gasteiger partial charge in [-0.3, -0.25) is 9.10 Å². The second-order valence-electron chi connectivity index (χ2n) is 5.40. The standard InChI is InChI=1S/C18H19FN2O3S/c1-3-12-21(25(2,23)24)16-10-8-14(9-11-16)18(22)20-13-15-6-4-5-7-17(15)19/h3-11H,1,12-13H2,2H3,(H,20,22). The Hall–Kier alpha value is -2.67. The average Bonchev–Trinajstić information content (AvgIpc) is 2.58. The maximum atomic E-state index is 13.5. The molecule has 7 heteroatoms. The number of nitrogens with one attached hydrogen (secondary N) is 1. The minimum atomic E-state index is -3.44. The quantitative estimate of drug-likeness (QED) is 0.770. The zero-order valence-electron chi connectivity index (χ0n) is 13.8. The molecule has 5 nitrogen and oxygen atoms in total. The highest BCUT2D eigenvalue weighted by atomic mass is 32.2. The normalized spacial score (nSPS) is 11.0. The number of sulfonamides is 1. The molecule has 0 radical (unpaired) electrons. The van der Waals surface area contributed by atoms with E-state index in [1.165, 1.54) is 28.6 Å². The molecule has 0 bridgehead atoms. The van der Waals surface area contributed by atoms with Crippen molar-refractivity contribution in [2.45, 2.75) is 6.54 Å². The number of rotatable bonds is 7. The van der Waals surface area contributed by atoms with E-state index in [9.17, 15) is 17.6 Å². The number of carbonyl (C=O) groups excluding carboxylic acids is 1. The van der Waals surface area contributed by atoms with Gasteiger partial charge in [-0.25, -0.2) is 12.8 Å². The van der Waals surface area contributed by atoms with Crippen molar-refractivity contribution in [2.24, 2.45) is 0 Å². The summed E-state index contributed by atoms with van der Waals surface area (Å²) in [6.45, 7) is 3.75. The SMILES string of the molecule is C=CCN(c1ccc(C(=O)NCc2ccccc2F)cc1)S(C)(=O)=O. The molecule has 0 aliphatic rings. The first kappa shape index (κ1) is 18.7. The summed E-state index contributed by atoms with van der Waals surface area (Å²) < 4.78 is 38.3. The van der Waals surface area contributed by atoms with Crippen LogP contribution >= 0.6 is 0 Å². The molecule has 132 valence electrons. The molecule has 0 spiro atoms. The Morgan fingerprint density at radius 3 is 2.40 bits per heavy atom. The topological polar surface area (TPSA) is 66.5 Å². The van der Waals surface area contributed by atoms with Gasteiger partial charge in [-0.05, 0) is 30.3 Å². The van der Waals surface area contributed by atoms with E-state index in [0.717, 1.165) is 6.26 Å². The van der Waals surface area contributed by atoms with Crippen LogP contribution in [0.25, 0.3) is 0 Å². The molecule has 0 heterocycles. The van der Waals surface area contributed by atoms with E-state index in [1.54, 1.807) is 30.3 Å². The summed E-state index contributed by atoms with van der Waals surface area (Å²) in [4.78, 5) is 12.2. The van der Waals surface area contributed by atoms with Crippen molar-refractivity contribution < 1.29 is 17.6 Å². The van der Waals surface area contributed by atoms with Crippen LogP contribution < -0.4 is 9.62 Å². The average molecular weight is 362 g/mol. The molecule has 0 aromatic heterocycles. The first-order valence-corrected chi connectivity index (χ1v) is 9.38. The van der Waals surface area contributed by atoms with E-state index in [2.05, 4.69) is 11.9 Å². The summed E-state index contributed by atoms with van der Waals surface area (Å²) in [5.74, 6) is -0.754. The molecular weight excluding hydrogens is 343 g/mol. The molecule has 0 fully saturated rings. The molecule has 0 aliphatic heterocycles. The Morgan fingerprint density at radius 2 is 1.84 bits per heavy atom. The third kappa shape index (κ3) is 4.90. The van der Waals surface area contributed by atoms with Gasteiger partial charge in [0, 0.05) is 17.7 Å². The van der Waals surface area contributed by atoms with Crippen LogP contribution in [0.1, 0.15) is 15.9 Å². The fourth-order valence-electron chi connectivity index (χ4n) is 2.25. The minimum absolute atomic E-state index is 0.0686. The first-order valence-electron chi connectivity index (χ1n) is 7.53. The monoisotopic (exact) mass is 362 g/mol. The highest BCUT2D eigenvalue weighted by molar-refractivity contribution is 7.92. The van der Waals surface area contributed by atoms with E-state index < -0.39 is 10.0 Å². The molecule has 1 amide bonds. The van der Waals surface area contributed by atoms with Crippen LogP contribution in [0.3, 0.4) is 0 Å². The van der Waals surface area contributed by atoms with Crippen LogP contribution in [-0.4, -0.2) is 27.1 Å². The van der Waals surface area contributed by atoms with E-state index in [1.807, 2.05) is 0 Å². The fourth-order valence-corrected chi connectivity index (χ4v) is 3.13. The van der Waals surface area contributed by atoms with E-state index in [-0.39, 0.29) is 24.8 Å². The number of anilines is 1. The maximum Gasteiger partial charge on any atom is 0.251 e. The van der Waals surface area contributed by atoms with Gasteiger partial charge in [0.1, 0.15) is 5.82 Å². The molecule has 2 aromatic rings. The van der Waals surface area contributed by atoms with Crippen molar-refractivity contribution in [1.82, 2.24) is 5.32 Å². The van der Waals surface area contributed by atoms with Crippen LogP contribution in [-0.2, 0) is 16.6 Å². The molecule has 0 saturated heterocycles. The molecule has 1 N–H and O–H groups in total. The van der Waals surface area contributed by atoms with Crippen LogP contribution in [0.4, 0.5) is 10.1 Å². The lowest BCUT2D eigenvalue weighted by Crippen LogP contribution is -2.30. The third-order valence-electron chi connectivity index (χ3n) is 3.51. The lowest BCUT2D eigenvalue weighted by Gasteiger charge is -2.20. The van der Waals surface area contributed by atoms with Gasteiger partial charge in [-0.15, -0.1) is 6.58 Å². The van der Waals surface area contributed by atoms with Gasteiger partial charge >= 0.3 is 0 Å². The van der Waals surface area contributed by atoms with Crippen molar-refractivity contribution in [3.8, 4) is 0 Å². The number of hydrogen-bond acceptors (Lipinski definition) is 3. The first-order chi connectivity index (χ1) is 11.8. The van der Waals surface area contributed by atoms with Crippen molar-refractivity contribution in [3.05, 3.63) is 78.1 Å². The number of hydrogen-bond donors (Lipinski definition) is 1. The lowest BCUT2D eigenvalue weighted by molar-refractivity contribution is 0.0950. The van der Waals surface area contributed by atoms with Gasteiger partial charge in [0.15, 0.2) is 0 Å². The van der Waals surface area contributed by atoms with E-state index in [4.69, 9.17) is 0 Å². The molecule has 0 aliphatic carbocycles. The van der Waals surface area contributed by atoms with Crippen LogP contribution in [0, 0.1) is 5.82 Å². The summed E-state index contributed by atoms with van der Waals surface area (Å²) in [6, 6.07) is 12.3. The Balaban J connectivity index is 2.09. The second kappa shape index (κ2) is 7.94. The third-order valence-corrected chi connectivity index (χ3v) is 4.67. The Kier molecular flexibility index (Phi) is 5.93. The number of benzene rings is 2. The van der Waals surface area contributed by atoms with Crippen LogP contribution in [0.15, 0.2) is 61.2 Å². The molecule has 0 unspecified atom stereocenters. The van der Waals surface area contributed by atoms with Crippen molar-refractivity contribution in [3.63, 3.8) is 0 Å². The van der Waals surface area contributed by atoms with Crippen molar-refractivity contribution in [1.29, 1.82) is 0 Å². The number of halogens is 1.